The van der Waals surface area contributed by atoms with Gasteiger partial charge in [0.15, 0.2) is 0 Å². The van der Waals surface area contributed by atoms with E-state index in [1.807, 2.05) is 15.8 Å². The van der Waals surface area contributed by atoms with Gasteiger partial charge in [0, 0.05) is 24.9 Å². The van der Waals surface area contributed by atoms with Crippen molar-refractivity contribution in [2.24, 2.45) is 0 Å². The molecule has 0 radical (unpaired) electrons. The average molecular weight is 257 g/mol. The molecular weight excluding hydrogens is 238 g/mol. The lowest BCUT2D eigenvalue weighted by atomic mass is 10.2. The Labute approximate surface area is 113 Å². The number of hydrogen-bond donors (Lipinski definition) is 0. The summed E-state index contributed by atoms with van der Waals surface area (Å²) in [6, 6.07) is 6.29. The predicted octanol–water partition coefficient (Wildman–Crippen LogP) is 2.36. The van der Waals surface area contributed by atoms with E-state index in [0.29, 0.717) is 13.0 Å². The molecule has 2 aromatic rings. The van der Waals surface area contributed by atoms with Gasteiger partial charge in [-0.2, -0.15) is 5.10 Å². The van der Waals surface area contributed by atoms with E-state index >= 15 is 0 Å². The number of benzene rings is 1. The second-order valence-corrected chi connectivity index (χ2v) is 5.27. The summed E-state index contributed by atoms with van der Waals surface area (Å²) < 4.78 is 1.94. The highest BCUT2D eigenvalue weighted by Gasteiger charge is 2.17. The van der Waals surface area contributed by atoms with Crippen LogP contribution in [0.15, 0.2) is 24.4 Å². The molecule has 1 aliphatic rings. The number of rotatable bonds is 3. The maximum atomic E-state index is 12.0. The number of hydrogen-bond acceptors (Lipinski definition) is 2. The zero-order valence-corrected chi connectivity index (χ0v) is 11.3. The minimum absolute atomic E-state index is 0.258. The standard InChI is InChI=1S/C15H19N3O/c1-12-4-5-13-11-16-18(14(13)10-12)9-6-15(19)17-7-2-3-8-17/h4-5,10-11H,2-3,6-9H2,1H3. The lowest BCUT2D eigenvalue weighted by Gasteiger charge is -2.15. The van der Waals surface area contributed by atoms with Gasteiger partial charge in [-0.1, -0.05) is 12.1 Å². The SMILES string of the molecule is Cc1ccc2cnn(CCC(=O)N3CCCC3)c2c1. The Morgan fingerprint density at radius 2 is 2.11 bits per heavy atom. The molecule has 1 aliphatic heterocycles. The first-order valence-electron chi connectivity index (χ1n) is 6.94. The van der Waals surface area contributed by atoms with Crippen LogP contribution in [-0.2, 0) is 11.3 Å². The summed E-state index contributed by atoms with van der Waals surface area (Å²) >= 11 is 0. The number of fused-ring (bicyclic) bond motifs is 1. The fraction of sp³-hybridized carbons (Fsp3) is 0.467. The second-order valence-electron chi connectivity index (χ2n) is 5.27. The predicted molar refractivity (Wildman–Crippen MR) is 74.9 cm³/mol. The van der Waals surface area contributed by atoms with Crippen LogP contribution in [0.25, 0.3) is 10.9 Å². The summed E-state index contributed by atoms with van der Waals surface area (Å²) in [6.45, 7) is 4.60. The van der Waals surface area contributed by atoms with Crippen LogP contribution < -0.4 is 0 Å². The monoisotopic (exact) mass is 257 g/mol. The van der Waals surface area contributed by atoms with Crippen LogP contribution in [0.1, 0.15) is 24.8 Å². The van der Waals surface area contributed by atoms with Crippen molar-refractivity contribution >= 4 is 16.8 Å². The van der Waals surface area contributed by atoms with E-state index < -0.39 is 0 Å². The van der Waals surface area contributed by atoms with Gasteiger partial charge in [0.05, 0.1) is 18.3 Å². The van der Waals surface area contributed by atoms with Crippen molar-refractivity contribution < 1.29 is 4.79 Å². The molecule has 1 aromatic carbocycles. The largest absolute Gasteiger partial charge is 0.343 e. The zero-order chi connectivity index (χ0) is 13.2. The van der Waals surface area contributed by atoms with Gasteiger partial charge in [-0.15, -0.1) is 0 Å². The molecular formula is C15H19N3O. The van der Waals surface area contributed by atoms with Crippen molar-refractivity contribution in [2.45, 2.75) is 32.7 Å². The van der Waals surface area contributed by atoms with E-state index in [9.17, 15) is 4.79 Å². The third-order valence-electron chi connectivity index (χ3n) is 3.80. The van der Waals surface area contributed by atoms with Crippen LogP contribution >= 0.6 is 0 Å². The van der Waals surface area contributed by atoms with Crippen LogP contribution in [0.4, 0.5) is 0 Å². The van der Waals surface area contributed by atoms with E-state index in [-0.39, 0.29) is 5.91 Å². The zero-order valence-electron chi connectivity index (χ0n) is 11.3. The van der Waals surface area contributed by atoms with Gasteiger partial charge in [-0.25, -0.2) is 0 Å². The molecule has 0 spiro atoms. The minimum atomic E-state index is 0.258. The van der Waals surface area contributed by atoms with Gasteiger partial charge in [-0.3, -0.25) is 9.48 Å². The van der Waals surface area contributed by atoms with Crippen molar-refractivity contribution in [3.8, 4) is 0 Å². The Morgan fingerprint density at radius 3 is 2.89 bits per heavy atom. The number of carbonyl (C=O) groups excluding carboxylic acids is 1. The van der Waals surface area contributed by atoms with E-state index in [1.165, 1.54) is 5.56 Å². The molecule has 1 saturated heterocycles. The highest BCUT2D eigenvalue weighted by molar-refractivity contribution is 5.80. The van der Waals surface area contributed by atoms with Crippen LogP contribution in [0.5, 0.6) is 0 Å². The maximum Gasteiger partial charge on any atom is 0.224 e. The Morgan fingerprint density at radius 1 is 1.32 bits per heavy atom. The van der Waals surface area contributed by atoms with E-state index in [4.69, 9.17) is 0 Å². The summed E-state index contributed by atoms with van der Waals surface area (Å²) in [5, 5.41) is 5.52. The van der Waals surface area contributed by atoms with E-state index in [2.05, 4.69) is 30.2 Å². The number of likely N-dealkylation sites (tertiary alicyclic amines) is 1. The first kappa shape index (κ1) is 12.2. The van der Waals surface area contributed by atoms with Crippen molar-refractivity contribution in [2.75, 3.05) is 13.1 Å². The van der Waals surface area contributed by atoms with Gasteiger partial charge in [0.25, 0.3) is 0 Å². The molecule has 1 amide bonds. The molecule has 0 aliphatic carbocycles. The fourth-order valence-electron chi connectivity index (χ4n) is 2.68. The first-order chi connectivity index (χ1) is 9.24. The minimum Gasteiger partial charge on any atom is -0.343 e. The van der Waals surface area contributed by atoms with E-state index in [0.717, 1.165) is 36.8 Å². The van der Waals surface area contributed by atoms with Gasteiger partial charge >= 0.3 is 0 Å². The number of nitrogens with zero attached hydrogens (tertiary/aromatic N) is 3. The number of aromatic nitrogens is 2. The van der Waals surface area contributed by atoms with Gasteiger partial charge in [-0.05, 0) is 31.4 Å². The molecule has 2 heterocycles. The molecule has 1 fully saturated rings. The third-order valence-corrected chi connectivity index (χ3v) is 3.80. The Hall–Kier alpha value is -1.84. The van der Waals surface area contributed by atoms with Crippen LogP contribution in [-0.4, -0.2) is 33.7 Å². The first-order valence-corrected chi connectivity index (χ1v) is 6.94. The highest BCUT2D eigenvalue weighted by atomic mass is 16.2. The third kappa shape index (κ3) is 2.48. The molecule has 4 nitrogen and oxygen atoms in total. The molecule has 0 saturated carbocycles. The second kappa shape index (κ2) is 5.03. The molecule has 0 atom stereocenters. The molecule has 0 bridgehead atoms. The van der Waals surface area contributed by atoms with Crippen molar-refractivity contribution in [1.29, 1.82) is 0 Å². The van der Waals surface area contributed by atoms with Crippen LogP contribution in [0.3, 0.4) is 0 Å². The lowest BCUT2D eigenvalue weighted by Crippen LogP contribution is -2.28. The topological polar surface area (TPSA) is 38.1 Å². The quantitative estimate of drug-likeness (QED) is 0.846. The van der Waals surface area contributed by atoms with Crippen LogP contribution in [0, 0.1) is 6.92 Å². The summed E-state index contributed by atoms with van der Waals surface area (Å²) in [5.74, 6) is 0.258. The molecule has 4 heteroatoms. The Balaban J connectivity index is 1.71. The summed E-state index contributed by atoms with van der Waals surface area (Å²) in [4.78, 5) is 14.0. The van der Waals surface area contributed by atoms with Gasteiger partial charge in [0.2, 0.25) is 5.91 Å². The van der Waals surface area contributed by atoms with Gasteiger partial charge < -0.3 is 4.90 Å². The van der Waals surface area contributed by atoms with Crippen molar-refractivity contribution in [3.63, 3.8) is 0 Å². The smallest absolute Gasteiger partial charge is 0.224 e. The van der Waals surface area contributed by atoms with Crippen LogP contribution in [0.2, 0.25) is 0 Å². The van der Waals surface area contributed by atoms with Crippen molar-refractivity contribution in [3.05, 3.63) is 30.0 Å². The molecule has 100 valence electrons. The summed E-state index contributed by atoms with van der Waals surface area (Å²) in [6.07, 6.45) is 4.71. The molecule has 19 heavy (non-hydrogen) atoms. The molecule has 0 N–H and O–H groups in total. The number of aryl methyl sites for hydroxylation is 2. The molecule has 3 rings (SSSR count). The average Bonchev–Trinajstić information content (AvgIpc) is 3.05. The van der Waals surface area contributed by atoms with E-state index in [1.54, 1.807) is 0 Å². The summed E-state index contributed by atoms with van der Waals surface area (Å²) in [5.41, 5.74) is 2.34. The molecule has 0 unspecified atom stereocenters. The Kier molecular flexibility index (Phi) is 3.23. The summed E-state index contributed by atoms with van der Waals surface area (Å²) in [7, 11) is 0. The number of carbonyl (C=O) groups is 1. The fourth-order valence-corrected chi connectivity index (χ4v) is 2.68. The maximum absolute atomic E-state index is 12.0. The normalized spacial score (nSPS) is 15.3. The highest BCUT2D eigenvalue weighted by Crippen LogP contribution is 2.16. The van der Waals surface area contributed by atoms with Crippen molar-refractivity contribution in [1.82, 2.24) is 14.7 Å². The lowest BCUT2D eigenvalue weighted by molar-refractivity contribution is -0.130. The molecule has 1 aromatic heterocycles. The van der Waals surface area contributed by atoms with Gasteiger partial charge in [0.1, 0.15) is 0 Å². The number of amides is 1. The Bertz CT molecular complexity index is 596.